The van der Waals surface area contributed by atoms with Crippen molar-refractivity contribution in [1.29, 1.82) is 0 Å². The second-order valence-corrected chi connectivity index (χ2v) is 4.00. The number of anilines is 1. The van der Waals surface area contributed by atoms with Crippen LogP contribution in [0.2, 0.25) is 0 Å². The molecule has 0 spiro atoms. The van der Waals surface area contributed by atoms with Gasteiger partial charge < -0.3 is 10.6 Å². The Balaban J connectivity index is 2.73. The van der Waals surface area contributed by atoms with Gasteiger partial charge in [0.2, 0.25) is 0 Å². The first-order valence-electron chi connectivity index (χ1n) is 4.99. The average Bonchev–Trinajstić information content (AvgIpc) is 2.17. The minimum Gasteiger partial charge on any atom is -0.359 e. The fraction of sp³-hybridized carbons (Fsp3) is 0.545. The van der Waals surface area contributed by atoms with Crippen molar-refractivity contribution in [1.82, 2.24) is 4.98 Å². The summed E-state index contributed by atoms with van der Waals surface area (Å²) in [5.74, 6) is 1.64. The standard InChI is InChI=1S/C11H19N3/c1-9(2)8-14(3)11-6-10(7-12)4-5-13-11/h4-6,9H,7-8,12H2,1-3H3. The zero-order valence-corrected chi connectivity index (χ0v) is 9.20. The molecule has 0 atom stereocenters. The average molecular weight is 193 g/mol. The van der Waals surface area contributed by atoms with Gasteiger partial charge in [0.15, 0.2) is 0 Å². The maximum Gasteiger partial charge on any atom is 0.128 e. The molecule has 78 valence electrons. The number of hydrogen-bond acceptors (Lipinski definition) is 3. The van der Waals surface area contributed by atoms with E-state index in [0.717, 1.165) is 17.9 Å². The van der Waals surface area contributed by atoms with Crippen molar-refractivity contribution in [2.75, 3.05) is 18.5 Å². The third-order valence-corrected chi connectivity index (χ3v) is 2.08. The molecule has 0 aromatic carbocycles. The molecule has 0 aliphatic heterocycles. The molecule has 1 aromatic rings. The van der Waals surface area contributed by atoms with E-state index in [9.17, 15) is 0 Å². The highest BCUT2D eigenvalue weighted by Gasteiger charge is 2.04. The van der Waals surface area contributed by atoms with E-state index in [1.807, 2.05) is 18.3 Å². The van der Waals surface area contributed by atoms with Crippen molar-refractivity contribution in [3.63, 3.8) is 0 Å². The van der Waals surface area contributed by atoms with Crippen molar-refractivity contribution in [3.8, 4) is 0 Å². The summed E-state index contributed by atoms with van der Waals surface area (Å²) in [5, 5.41) is 0. The van der Waals surface area contributed by atoms with Gasteiger partial charge in [-0.15, -0.1) is 0 Å². The summed E-state index contributed by atoms with van der Waals surface area (Å²) in [6, 6.07) is 4.00. The second kappa shape index (κ2) is 4.96. The van der Waals surface area contributed by atoms with Gasteiger partial charge in [0.1, 0.15) is 5.82 Å². The van der Waals surface area contributed by atoms with E-state index < -0.39 is 0 Å². The fourth-order valence-corrected chi connectivity index (χ4v) is 1.44. The van der Waals surface area contributed by atoms with Gasteiger partial charge in [-0.05, 0) is 23.6 Å². The highest BCUT2D eigenvalue weighted by molar-refractivity contribution is 5.39. The zero-order chi connectivity index (χ0) is 10.6. The number of nitrogens with zero attached hydrogens (tertiary/aromatic N) is 2. The maximum absolute atomic E-state index is 5.57. The first-order valence-corrected chi connectivity index (χ1v) is 4.99. The van der Waals surface area contributed by atoms with Gasteiger partial charge in [-0.25, -0.2) is 4.98 Å². The molecule has 0 bridgehead atoms. The summed E-state index contributed by atoms with van der Waals surface area (Å²) in [7, 11) is 2.06. The minimum atomic E-state index is 0.574. The minimum absolute atomic E-state index is 0.574. The Morgan fingerprint density at radius 2 is 2.21 bits per heavy atom. The number of aromatic nitrogens is 1. The lowest BCUT2D eigenvalue weighted by Gasteiger charge is -2.20. The molecular formula is C11H19N3. The monoisotopic (exact) mass is 193 g/mol. The van der Waals surface area contributed by atoms with Crippen LogP contribution in [0.15, 0.2) is 18.3 Å². The van der Waals surface area contributed by atoms with Gasteiger partial charge in [0.25, 0.3) is 0 Å². The van der Waals surface area contributed by atoms with Crippen LogP contribution in [0.3, 0.4) is 0 Å². The molecule has 0 fully saturated rings. The molecule has 1 rings (SSSR count). The molecule has 0 unspecified atom stereocenters. The van der Waals surface area contributed by atoms with Gasteiger partial charge >= 0.3 is 0 Å². The summed E-state index contributed by atoms with van der Waals surface area (Å²) in [6.07, 6.45) is 1.81. The quantitative estimate of drug-likeness (QED) is 0.790. The molecule has 0 aliphatic rings. The molecule has 0 radical (unpaired) electrons. The van der Waals surface area contributed by atoms with E-state index in [1.165, 1.54) is 0 Å². The Kier molecular flexibility index (Phi) is 3.89. The largest absolute Gasteiger partial charge is 0.359 e. The van der Waals surface area contributed by atoms with Crippen LogP contribution in [-0.4, -0.2) is 18.6 Å². The van der Waals surface area contributed by atoms with Crippen LogP contribution in [0, 0.1) is 5.92 Å². The van der Waals surface area contributed by atoms with E-state index in [2.05, 4.69) is 30.8 Å². The Labute approximate surface area is 85.9 Å². The van der Waals surface area contributed by atoms with E-state index in [-0.39, 0.29) is 0 Å². The molecule has 0 aliphatic carbocycles. The molecule has 1 heterocycles. The Bertz CT molecular complexity index is 284. The third-order valence-electron chi connectivity index (χ3n) is 2.08. The maximum atomic E-state index is 5.57. The van der Waals surface area contributed by atoms with Crippen molar-refractivity contribution in [2.45, 2.75) is 20.4 Å². The van der Waals surface area contributed by atoms with Crippen molar-refractivity contribution >= 4 is 5.82 Å². The summed E-state index contributed by atoms with van der Waals surface area (Å²) in [4.78, 5) is 6.47. The zero-order valence-electron chi connectivity index (χ0n) is 9.20. The number of pyridine rings is 1. The van der Waals surface area contributed by atoms with Gasteiger partial charge in [-0.3, -0.25) is 0 Å². The lowest BCUT2D eigenvalue weighted by Crippen LogP contribution is -2.23. The third kappa shape index (κ3) is 3.00. The molecule has 0 saturated heterocycles. The number of hydrogen-bond donors (Lipinski definition) is 1. The smallest absolute Gasteiger partial charge is 0.128 e. The molecular weight excluding hydrogens is 174 g/mol. The summed E-state index contributed by atoms with van der Waals surface area (Å²) >= 11 is 0. The second-order valence-electron chi connectivity index (χ2n) is 4.00. The lowest BCUT2D eigenvalue weighted by molar-refractivity contribution is 0.634. The molecule has 1 aromatic heterocycles. The lowest BCUT2D eigenvalue weighted by atomic mass is 10.2. The normalized spacial score (nSPS) is 10.6. The highest BCUT2D eigenvalue weighted by Crippen LogP contribution is 2.12. The Morgan fingerprint density at radius 1 is 1.50 bits per heavy atom. The first-order chi connectivity index (χ1) is 6.63. The molecule has 2 N–H and O–H groups in total. The van der Waals surface area contributed by atoms with Crippen LogP contribution in [0.4, 0.5) is 5.82 Å². The van der Waals surface area contributed by atoms with Crippen molar-refractivity contribution < 1.29 is 0 Å². The molecule has 3 nitrogen and oxygen atoms in total. The van der Waals surface area contributed by atoms with Gasteiger partial charge in [0.05, 0.1) is 0 Å². The summed E-state index contributed by atoms with van der Waals surface area (Å²) in [5.41, 5.74) is 6.70. The fourth-order valence-electron chi connectivity index (χ4n) is 1.44. The van der Waals surface area contributed by atoms with Crippen molar-refractivity contribution in [3.05, 3.63) is 23.9 Å². The summed E-state index contributed by atoms with van der Waals surface area (Å²) < 4.78 is 0. The Hall–Kier alpha value is -1.09. The van der Waals surface area contributed by atoms with E-state index in [4.69, 9.17) is 5.73 Å². The van der Waals surface area contributed by atoms with Crippen LogP contribution in [0.25, 0.3) is 0 Å². The molecule has 0 saturated carbocycles. The summed E-state index contributed by atoms with van der Waals surface area (Å²) in [6.45, 7) is 5.98. The predicted molar refractivity (Wildman–Crippen MR) is 60.2 cm³/mol. The van der Waals surface area contributed by atoms with Gasteiger partial charge in [-0.1, -0.05) is 13.8 Å². The molecule has 3 heteroatoms. The van der Waals surface area contributed by atoms with Crippen LogP contribution in [-0.2, 0) is 6.54 Å². The Morgan fingerprint density at radius 3 is 2.79 bits per heavy atom. The SMILES string of the molecule is CC(C)CN(C)c1cc(CN)ccn1. The van der Waals surface area contributed by atoms with Crippen LogP contribution < -0.4 is 10.6 Å². The van der Waals surface area contributed by atoms with Crippen LogP contribution in [0.1, 0.15) is 19.4 Å². The molecule has 14 heavy (non-hydrogen) atoms. The van der Waals surface area contributed by atoms with E-state index in [0.29, 0.717) is 12.5 Å². The van der Waals surface area contributed by atoms with E-state index >= 15 is 0 Å². The molecule has 0 amide bonds. The van der Waals surface area contributed by atoms with E-state index in [1.54, 1.807) is 0 Å². The van der Waals surface area contributed by atoms with Crippen LogP contribution >= 0.6 is 0 Å². The topological polar surface area (TPSA) is 42.1 Å². The number of nitrogens with two attached hydrogens (primary N) is 1. The van der Waals surface area contributed by atoms with Gasteiger partial charge in [0, 0.05) is 26.3 Å². The number of rotatable bonds is 4. The van der Waals surface area contributed by atoms with Crippen LogP contribution in [0.5, 0.6) is 0 Å². The first kappa shape index (κ1) is 11.0. The van der Waals surface area contributed by atoms with Crippen molar-refractivity contribution in [2.24, 2.45) is 11.7 Å². The predicted octanol–water partition coefficient (Wildman–Crippen LogP) is 1.63. The van der Waals surface area contributed by atoms with Gasteiger partial charge in [-0.2, -0.15) is 0 Å². The highest BCUT2D eigenvalue weighted by atomic mass is 15.2.